The average molecular weight is 458 g/mol. The molecular weight excluding hydrogens is 430 g/mol. The van der Waals surface area contributed by atoms with E-state index in [1.165, 1.54) is 12.1 Å². The molecule has 1 heterocycles. The van der Waals surface area contributed by atoms with E-state index < -0.39 is 11.0 Å². The number of fused-ring (bicyclic) bond motifs is 1. The van der Waals surface area contributed by atoms with Crippen LogP contribution in [-0.4, -0.2) is 22.8 Å². The third-order valence-corrected chi connectivity index (χ3v) is 6.16. The summed E-state index contributed by atoms with van der Waals surface area (Å²) in [6.07, 6.45) is 1.70. The molecule has 2 amide bonds. The Hall–Kier alpha value is -4.00. The lowest BCUT2D eigenvalue weighted by Gasteiger charge is -2.43. The Morgan fingerprint density at radius 2 is 1.74 bits per heavy atom. The maximum Gasteiger partial charge on any atom is 0.271 e. The smallest absolute Gasteiger partial charge is 0.271 e. The number of carbonyl (C=O) groups is 2. The highest BCUT2D eigenvalue weighted by molar-refractivity contribution is 6.07. The van der Waals surface area contributed by atoms with Gasteiger partial charge in [-0.15, -0.1) is 0 Å². The van der Waals surface area contributed by atoms with Gasteiger partial charge in [-0.1, -0.05) is 49.4 Å². The summed E-state index contributed by atoms with van der Waals surface area (Å²) < 4.78 is 0. The van der Waals surface area contributed by atoms with Crippen LogP contribution in [0, 0.1) is 10.1 Å². The molecule has 0 unspecified atom stereocenters. The lowest BCUT2D eigenvalue weighted by Crippen LogP contribution is -2.47. The van der Waals surface area contributed by atoms with E-state index in [2.05, 4.69) is 0 Å². The molecule has 2 atom stereocenters. The number of rotatable bonds is 6. The van der Waals surface area contributed by atoms with Gasteiger partial charge in [-0.2, -0.15) is 0 Å². The Morgan fingerprint density at radius 3 is 2.44 bits per heavy atom. The van der Waals surface area contributed by atoms with Gasteiger partial charge in [0.25, 0.3) is 11.6 Å². The van der Waals surface area contributed by atoms with Crippen LogP contribution in [0.15, 0.2) is 78.9 Å². The number of amides is 2. The molecule has 34 heavy (non-hydrogen) atoms. The van der Waals surface area contributed by atoms with E-state index in [0.29, 0.717) is 24.1 Å². The number of hydrogen-bond acceptors (Lipinski definition) is 4. The summed E-state index contributed by atoms with van der Waals surface area (Å²) >= 11 is 0. The van der Waals surface area contributed by atoms with Crippen LogP contribution in [-0.2, 0) is 4.79 Å². The summed E-state index contributed by atoms with van der Waals surface area (Å²) in [6, 6.07) is 22.1. The standard InChI is InChI=1S/C27H27N3O4/c1-3-10-26(31)28-19(2)17-25(23-15-7-8-16-24(23)28)29(27(32)20-11-5-4-6-12-20)21-13-9-14-22(18-21)30(33)34/h4-9,11-16,18-19,25H,3,10,17H2,1-2H3/t19-,25-/m1/s1. The number of benzene rings is 3. The fourth-order valence-corrected chi connectivity index (χ4v) is 4.66. The Labute approximate surface area is 198 Å². The maximum absolute atomic E-state index is 13.8. The Morgan fingerprint density at radius 1 is 1.03 bits per heavy atom. The second-order valence-electron chi connectivity index (χ2n) is 8.49. The normalized spacial score (nSPS) is 17.1. The number of para-hydroxylation sites is 1. The summed E-state index contributed by atoms with van der Waals surface area (Å²) in [5.41, 5.74) is 2.48. The summed E-state index contributed by atoms with van der Waals surface area (Å²) in [4.78, 5) is 41.3. The molecule has 0 spiro atoms. The number of anilines is 2. The summed E-state index contributed by atoms with van der Waals surface area (Å²) in [5.74, 6) is -0.196. The fraction of sp³-hybridized carbons (Fsp3) is 0.259. The molecule has 7 heteroatoms. The van der Waals surface area contributed by atoms with Gasteiger partial charge in [0.15, 0.2) is 0 Å². The van der Waals surface area contributed by atoms with Crippen molar-refractivity contribution in [3.63, 3.8) is 0 Å². The van der Waals surface area contributed by atoms with Crippen LogP contribution in [0.4, 0.5) is 17.1 Å². The van der Waals surface area contributed by atoms with Crippen LogP contribution in [0.5, 0.6) is 0 Å². The minimum absolute atomic E-state index is 0.0529. The van der Waals surface area contributed by atoms with Gasteiger partial charge in [0.2, 0.25) is 5.91 Å². The minimum atomic E-state index is -0.461. The van der Waals surface area contributed by atoms with Gasteiger partial charge in [-0.05, 0) is 49.6 Å². The van der Waals surface area contributed by atoms with Gasteiger partial charge in [0.05, 0.1) is 16.7 Å². The molecule has 0 N–H and O–H groups in total. The second kappa shape index (κ2) is 9.87. The van der Waals surface area contributed by atoms with Crippen LogP contribution in [0.2, 0.25) is 0 Å². The van der Waals surface area contributed by atoms with Crippen molar-refractivity contribution in [2.45, 2.75) is 45.2 Å². The quantitative estimate of drug-likeness (QED) is 0.340. The topological polar surface area (TPSA) is 83.8 Å². The summed E-state index contributed by atoms with van der Waals surface area (Å²) in [5, 5.41) is 11.5. The molecule has 3 aromatic rings. The molecule has 0 aliphatic carbocycles. The largest absolute Gasteiger partial charge is 0.309 e. The molecule has 1 aliphatic heterocycles. The SMILES string of the molecule is CCCC(=O)N1c2ccccc2[C@H](N(C(=O)c2ccccc2)c2cccc([N+](=O)[O-])c2)C[C@H]1C. The molecule has 0 saturated heterocycles. The highest BCUT2D eigenvalue weighted by Crippen LogP contribution is 2.43. The molecule has 3 aromatic carbocycles. The molecule has 0 aromatic heterocycles. The van der Waals surface area contributed by atoms with Gasteiger partial charge in [-0.25, -0.2) is 0 Å². The van der Waals surface area contributed by atoms with Gasteiger partial charge < -0.3 is 9.80 Å². The fourth-order valence-electron chi connectivity index (χ4n) is 4.66. The van der Waals surface area contributed by atoms with Crippen molar-refractivity contribution in [3.8, 4) is 0 Å². The molecule has 0 saturated carbocycles. The van der Waals surface area contributed by atoms with Crippen molar-refractivity contribution in [2.75, 3.05) is 9.80 Å². The zero-order valence-electron chi connectivity index (χ0n) is 19.3. The monoisotopic (exact) mass is 457 g/mol. The first-order chi connectivity index (χ1) is 16.4. The number of nitrogens with zero attached hydrogens (tertiary/aromatic N) is 3. The number of carbonyl (C=O) groups excluding carboxylic acids is 2. The van der Waals surface area contributed by atoms with E-state index >= 15 is 0 Å². The Kier molecular flexibility index (Phi) is 6.72. The molecular formula is C27H27N3O4. The van der Waals surface area contributed by atoms with Crippen molar-refractivity contribution >= 4 is 28.9 Å². The minimum Gasteiger partial charge on any atom is -0.309 e. The second-order valence-corrected chi connectivity index (χ2v) is 8.49. The first-order valence-electron chi connectivity index (χ1n) is 11.5. The van der Waals surface area contributed by atoms with E-state index in [-0.39, 0.29) is 23.5 Å². The number of nitro groups is 1. The lowest BCUT2D eigenvalue weighted by atomic mass is 9.89. The third-order valence-electron chi connectivity index (χ3n) is 6.16. The predicted octanol–water partition coefficient (Wildman–Crippen LogP) is 5.91. The zero-order chi connectivity index (χ0) is 24.2. The average Bonchev–Trinajstić information content (AvgIpc) is 2.85. The van der Waals surface area contributed by atoms with Crippen LogP contribution in [0.3, 0.4) is 0 Å². The molecule has 174 valence electrons. The Bertz CT molecular complexity index is 1210. The number of nitro benzene ring substituents is 1. The van der Waals surface area contributed by atoms with Crippen LogP contribution in [0.25, 0.3) is 0 Å². The van der Waals surface area contributed by atoms with Gasteiger partial charge in [0, 0.05) is 35.8 Å². The lowest BCUT2D eigenvalue weighted by molar-refractivity contribution is -0.384. The first kappa shape index (κ1) is 23.2. The molecule has 0 fully saturated rings. The zero-order valence-corrected chi connectivity index (χ0v) is 19.3. The van der Waals surface area contributed by atoms with Crippen LogP contribution >= 0.6 is 0 Å². The van der Waals surface area contributed by atoms with Crippen molar-refractivity contribution in [1.29, 1.82) is 0 Å². The van der Waals surface area contributed by atoms with Crippen LogP contribution in [0.1, 0.15) is 55.1 Å². The van der Waals surface area contributed by atoms with Gasteiger partial charge in [-0.3, -0.25) is 19.7 Å². The van der Waals surface area contributed by atoms with Crippen molar-refractivity contribution in [2.24, 2.45) is 0 Å². The summed E-state index contributed by atoms with van der Waals surface area (Å²) in [7, 11) is 0. The molecule has 0 bridgehead atoms. The van der Waals surface area contributed by atoms with E-state index in [1.54, 1.807) is 41.3 Å². The van der Waals surface area contributed by atoms with E-state index in [4.69, 9.17) is 0 Å². The van der Waals surface area contributed by atoms with E-state index in [0.717, 1.165) is 17.7 Å². The molecule has 0 radical (unpaired) electrons. The third kappa shape index (κ3) is 4.41. The number of non-ortho nitro benzene ring substituents is 1. The van der Waals surface area contributed by atoms with E-state index in [9.17, 15) is 19.7 Å². The summed E-state index contributed by atoms with van der Waals surface area (Å²) in [6.45, 7) is 3.96. The van der Waals surface area contributed by atoms with Crippen molar-refractivity contribution < 1.29 is 14.5 Å². The molecule has 1 aliphatic rings. The van der Waals surface area contributed by atoms with Crippen LogP contribution < -0.4 is 9.80 Å². The van der Waals surface area contributed by atoms with Gasteiger partial charge in [0.1, 0.15) is 0 Å². The highest BCUT2D eigenvalue weighted by Gasteiger charge is 2.38. The maximum atomic E-state index is 13.8. The first-order valence-corrected chi connectivity index (χ1v) is 11.5. The highest BCUT2D eigenvalue weighted by atomic mass is 16.6. The van der Waals surface area contributed by atoms with Gasteiger partial charge >= 0.3 is 0 Å². The van der Waals surface area contributed by atoms with E-state index in [1.807, 2.05) is 49.1 Å². The Balaban J connectivity index is 1.87. The van der Waals surface area contributed by atoms with Crippen molar-refractivity contribution in [3.05, 3.63) is 100 Å². The molecule has 7 nitrogen and oxygen atoms in total. The van der Waals surface area contributed by atoms with Crippen molar-refractivity contribution in [1.82, 2.24) is 0 Å². The molecule has 4 rings (SSSR count). The number of hydrogen-bond donors (Lipinski definition) is 0. The predicted molar refractivity (Wildman–Crippen MR) is 132 cm³/mol.